The maximum absolute atomic E-state index is 9.58. The minimum Gasteiger partial charge on any atom is -0.550 e. The number of carbonyl (C=O) groups excluding carboxylic acids is 2. The van der Waals surface area contributed by atoms with Gasteiger partial charge in [-0.15, -0.1) is 0 Å². The van der Waals surface area contributed by atoms with Crippen LogP contribution in [0.25, 0.3) is 0 Å². The molecule has 6 nitrogen and oxygen atoms in total. The number of hydrogen-bond acceptors (Lipinski definition) is 5. The largest absolute Gasteiger partial charge is 1.00 e. The summed E-state index contributed by atoms with van der Waals surface area (Å²) in [4.78, 5) is 19.1. The number of aliphatic hydroxyl groups is 1. The maximum atomic E-state index is 9.58. The van der Waals surface area contributed by atoms with Crippen molar-refractivity contribution in [2.45, 2.75) is 65.9 Å². The summed E-state index contributed by atoms with van der Waals surface area (Å²) in [6, 6.07) is 0. The molecule has 0 aliphatic heterocycles. The second-order valence-corrected chi connectivity index (χ2v) is 5.65. The molecule has 0 rings (SSSR count). The molecular formula is C16H32KNO5. The van der Waals surface area contributed by atoms with Crippen molar-refractivity contribution in [2.75, 3.05) is 26.2 Å². The number of quaternary nitrogens is 1. The van der Waals surface area contributed by atoms with E-state index in [0.717, 1.165) is 0 Å². The Morgan fingerprint density at radius 3 is 1.30 bits per heavy atom. The van der Waals surface area contributed by atoms with Crippen LogP contribution in [0.3, 0.4) is 0 Å². The number of carbonyl (C=O) groups is 2. The zero-order chi connectivity index (χ0) is 17.6. The van der Waals surface area contributed by atoms with E-state index < -0.39 is 24.5 Å². The molecule has 0 aliphatic rings. The maximum Gasteiger partial charge on any atom is 1.00 e. The van der Waals surface area contributed by atoms with Gasteiger partial charge >= 0.3 is 51.4 Å². The van der Waals surface area contributed by atoms with Gasteiger partial charge in [0.15, 0.2) is 0 Å². The molecule has 0 aromatic heterocycles. The van der Waals surface area contributed by atoms with Crippen molar-refractivity contribution in [3.8, 4) is 0 Å². The molecule has 0 radical (unpaired) electrons. The molecule has 1 N–H and O–H groups in total. The summed E-state index contributed by atoms with van der Waals surface area (Å²) < 4.78 is 1.38. The monoisotopic (exact) mass is 357 g/mol. The van der Waals surface area contributed by atoms with Gasteiger partial charge in [-0.05, 0) is 25.7 Å². The van der Waals surface area contributed by atoms with Crippen molar-refractivity contribution in [2.24, 2.45) is 0 Å². The van der Waals surface area contributed by atoms with E-state index in [2.05, 4.69) is 27.7 Å². The third-order valence-electron chi connectivity index (χ3n) is 3.42. The van der Waals surface area contributed by atoms with Gasteiger partial charge in [0.1, 0.15) is 0 Å². The molecule has 0 spiro atoms. The Labute approximate surface area is 183 Å². The molecule has 132 valence electrons. The van der Waals surface area contributed by atoms with Crippen molar-refractivity contribution >= 4 is 11.9 Å². The molecule has 0 aromatic rings. The van der Waals surface area contributed by atoms with Gasteiger partial charge in [0.25, 0.3) is 0 Å². The van der Waals surface area contributed by atoms with Crippen LogP contribution >= 0.6 is 0 Å². The Morgan fingerprint density at radius 1 is 0.870 bits per heavy atom. The molecule has 0 aliphatic carbocycles. The fraction of sp³-hybridized carbons (Fsp3) is 0.875. The topological polar surface area (TPSA) is 100 Å². The van der Waals surface area contributed by atoms with E-state index in [0.29, 0.717) is 0 Å². The van der Waals surface area contributed by atoms with Crippen molar-refractivity contribution < 1.29 is 80.8 Å². The number of hydrogen-bond donors (Lipinski definition) is 1. The summed E-state index contributed by atoms with van der Waals surface area (Å²) in [5.74, 6) is -3.43. The van der Waals surface area contributed by atoms with Crippen LogP contribution in [0.4, 0.5) is 0 Å². The molecule has 0 amide bonds. The Hall–Kier alpha value is 0.496. The van der Waals surface area contributed by atoms with Crippen LogP contribution in [0.15, 0.2) is 0 Å². The van der Waals surface area contributed by atoms with Gasteiger partial charge in [-0.1, -0.05) is 27.7 Å². The first-order valence-corrected chi connectivity index (χ1v) is 8.22. The number of rotatable bonds is 11. The van der Waals surface area contributed by atoms with Gasteiger partial charge in [-0.3, -0.25) is 0 Å². The molecule has 0 aromatic carbocycles. The first-order chi connectivity index (χ1) is 10.3. The minimum absolute atomic E-state index is 0. The molecule has 0 fully saturated rings. The predicted octanol–water partition coefficient (Wildman–Crippen LogP) is -3.32. The molecule has 0 bridgehead atoms. The van der Waals surface area contributed by atoms with Crippen LogP contribution < -0.4 is 61.6 Å². The van der Waals surface area contributed by atoms with Gasteiger partial charge in [0, 0.05) is 12.4 Å². The van der Waals surface area contributed by atoms with Gasteiger partial charge < -0.3 is 29.4 Å². The number of nitrogens with zero attached hydrogens (tertiary/aromatic N) is 1. The third-order valence-corrected chi connectivity index (χ3v) is 3.42. The number of carboxylic acid groups (broad SMARTS) is 2. The second kappa shape index (κ2) is 17.3. The van der Waals surface area contributed by atoms with E-state index in [9.17, 15) is 19.8 Å². The number of aliphatic hydroxyl groups excluding tert-OH is 1. The van der Waals surface area contributed by atoms with Crippen molar-refractivity contribution in [1.82, 2.24) is 0 Å². The summed E-state index contributed by atoms with van der Waals surface area (Å²) in [5.41, 5.74) is 0. The quantitative estimate of drug-likeness (QED) is 0.308. The van der Waals surface area contributed by atoms with Gasteiger partial charge in [-0.25, -0.2) is 0 Å². The van der Waals surface area contributed by atoms with Crippen LogP contribution in [-0.2, 0) is 9.59 Å². The van der Waals surface area contributed by atoms with E-state index in [1.54, 1.807) is 0 Å². The average Bonchev–Trinajstić information content (AvgIpc) is 2.39. The van der Waals surface area contributed by atoms with Crippen LogP contribution in [-0.4, -0.2) is 53.8 Å². The summed E-state index contributed by atoms with van der Waals surface area (Å²) in [7, 11) is 0. The Bertz CT molecular complexity index is 283. The number of aliphatic carboxylic acids is 2. The van der Waals surface area contributed by atoms with Gasteiger partial charge in [0.2, 0.25) is 0 Å². The smallest absolute Gasteiger partial charge is 0.550 e. The third kappa shape index (κ3) is 15.7. The molecule has 7 heteroatoms. The Kier molecular flexibility index (Phi) is 21.3. The second-order valence-electron chi connectivity index (χ2n) is 5.65. The van der Waals surface area contributed by atoms with Crippen molar-refractivity contribution in [3.05, 3.63) is 0 Å². The predicted molar refractivity (Wildman–Crippen MR) is 81.5 cm³/mol. The standard InChI is InChI=1S/C12H28N.C4H6O5.K/c1-5-9-13(10-6-2,11-7-3)12-8-4;5-2(4(8)9)1-3(6)7;/h5-12H2,1-4H3;2,5H,1H2,(H,6,7)(H,8,9);/q+1;;+1/p-2. The van der Waals surface area contributed by atoms with E-state index in [1.807, 2.05) is 0 Å². The van der Waals surface area contributed by atoms with Crippen LogP contribution in [0.2, 0.25) is 0 Å². The zero-order valence-electron chi connectivity index (χ0n) is 15.5. The van der Waals surface area contributed by atoms with E-state index in [1.165, 1.54) is 56.3 Å². The SMILES string of the molecule is CCC[N+](CCC)(CCC)CCC.O=C([O-])CC(O)C(=O)[O-].[K+]. The molecule has 1 atom stereocenters. The molecule has 1 unspecified atom stereocenters. The molecular weight excluding hydrogens is 325 g/mol. The molecule has 0 saturated carbocycles. The summed E-state index contributed by atoms with van der Waals surface area (Å²) in [6.07, 6.45) is 2.44. The summed E-state index contributed by atoms with van der Waals surface area (Å²) in [6.45, 7) is 14.8. The molecule has 23 heavy (non-hydrogen) atoms. The number of carboxylic acids is 2. The first-order valence-electron chi connectivity index (χ1n) is 8.22. The molecule has 0 heterocycles. The normalized spacial score (nSPS) is 11.7. The van der Waals surface area contributed by atoms with E-state index in [4.69, 9.17) is 5.11 Å². The van der Waals surface area contributed by atoms with Crippen LogP contribution in [0.5, 0.6) is 0 Å². The Balaban J connectivity index is -0.000000354. The van der Waals surface area contributed by atoms with Gasteiger partial charge in [-0.2, -0.15) is 0 Å². The molecule has 0 saturated heterocycles. The zero-order valence-corrected chi connectivity index (χ0v) is 18.6. The summed E-state index contributed by atoms with van der Waals surface area (Å²) >= 11 is 0. The van der Waals surface area contributed by atoms with Crippen molar-refractivity contribution in [3.63, 3.8) is 0 Å². The fourth-order valence-corrected chi connectivity index (χ4v) is 2.81. The summed E-state index contributed by atoms with van der Waals surface area (Å²) in [5, 5.41) is 27.3. The fourth-order valence-electron chi connectivity index (χ4n) is 2.81. The van der Waals surface area contributed by atoms with Crippen LogP contribution in [0, 0.1) is 0 Å². The first kappa shape index (κ1) is 28.3. The Morgan fingerprint density at radius 2 is 1.17 bits per heavy atom. The minimum atomic E-state index is -1.96. The van der Waals surface area contributed by atoms with Crippen LogP contribution in [0.1, 0.15) is 59.8 Å². The average molecular weight is 358 g/mol. The van der Waals surface area contributed by atoms with Gasteiger partial charge in [0.05, 0.1) is 38.3 Å². The van der Waals surface area contributed by atoms with E-state index in [-0.39, 0.29) is 51.4 Å². The van der Waals surface area contributed by atoms with Crippen molar-refractivity contribution in [1.29, 1.82) is 0 Å². The van der Waals surface area contributed by atoms with E-state index >= 15 is 0 Å².